The molecule has 3 heterocycles. The molecule has 0 bridgehead atoms. The van der Waals surface area contributed by atoms with Gasteiger partial charge in [-0.25, -0.2) is 28.8 Å². The molecule has 12 nitrogen and oxygen atoms in total. The molecule has 48 heavy (non-hydrogen) atoms. The second-order valence-electron chi connectivity index (χ2n) is 12.1. The van der Waals surface area contributed by atoms with E-state index in [9.17, 15) is 4.79 Å². The maximum absolute atomic E-state index is 16.3. The highest BCUT2D eigenvalue weighted by atomic mass is 31.2. The van der Waals surface area contributed by atoms with E-state index >= 15 is 4.39 Å². The van der Waals surface area contributed by atoms with Crippen LogP contribution in [0.25, 0.3) is 22.3 Å². The molecule has 14 heteroatoms. The van der Waals surface area contributed by atoms with Crippen molar-refractivity contribution in [1.29, 1.82) is 5.26 Å². The molecule has 252 valence electrons. The zero-order chi connectivity index (χ0) is 34.7. The first-order chi connectivity index (χ1) is 23.7. The third kappa shape index (κ3) is 6.64. The molecule has 1 fully saturated rings. The summed E-state index contributed by atoms with van der Waals surface area (Å²) in [4.78, 5) is 25.9. The Bertz CT molecular complexity index is 1770. The summed E-state index contributed by atoms with van der Waals surface area (Å²) < 4.78 is 51.8. The monoisotopic (exact) mass is 676 g/mol. The summed E-state index contributed by atoms with van der Waals surface area (Å²) in [5.41, 5.74) is 4.86. The van der Waals surface area contributed by atoms with Crippen molar-refractivity contribution in [3.05, 3.63) is 72.3 Å². The topological polar surface area (TPSA) is 137 Å². The molecular weight excluding hydrogens is 636 g/mol. The van der Waals surface area contributed by atoms with Crippen molar-refractivity contribution in [3.63, 3.8) is 0 Å². The number of aromatic nitrogens is 4. The fourth-order valence-corrected chi connectivity index (χ4v) is 8.07. The molecule has 6 rings (SSSR count). The Kier molecular flexibility index (Phi) is 9.88. The van der Waals surface area contributed by atoms with Crippen LogP contribution in [0.1, 0.15) is 65.7 Å². The van der Waals surface area contributed by atoms with Crippen LogP contribution >= 0.6 is 8.53 Å². The summed E-state index contributed by atoms with van der Waals surface area (Å²) in [6.45, 7) is 7.93. The summed E-state index contributed by atoms with van der Waals surface area (Å²) in [5.74, 6) is -0.0204. The number of alkyl halides is 1. The van der Waals surface area contributed by atoms with Gasteiger partial charge in [0.1, 0.15) is 19.0 Å². The van der Waals surface area contributed by atoms with Crippen LogP contribution in [-0.2, 0) is 18.5 Å². The van der Waals surface area contributed by atoms with Crippen LogP contribution < -0.4 is 5.32 Å². The Balaban J connectivity index is 1.17. The number of rotatable bonds is 12. The first-order valence-electron chi connectivity index (χ1n) is 16.6. The van der Waals surface area contributed by atoms with Crippen LogP contribution in [0.5, 0.6) is 0 Å². The smallest absolute Gasteiger partial charge is 0.412 e. The van der Waals surface area contributed by atoms with Gasteiger partial charge in [-0.3, -0.25) is 9.88 Å². The first-order valence-corrected chi connectivity index (χ1v) is 17.0. The number of fused-ring (bicyclic) bond motifs is 4. The maximum atomic E-state index is 16.3. The number of hydrogen-bond donors (Lipinski definition) is 1. The van der Waals surface area contributed by atoms with Crippen molar-refractivity contribution >= 4 is 31.6 Å². The van der Waals surface area contributed by atoms with Crippen LogP contribution in [0.2, 0.25) is 0 Å². The number of benzene rings is 2. The average molecular weight is 677 g/mol. The minimum atomic E-state index is -1.78. The number of amides is 1. The SMILES string of the molecule is [2H]C[C@H]1O[C@@H](n2cnc3c(NC(=O)OCC4c5ccccc5-c5ccccc54)ncnc32)[C@@H](F)C1OP(OCCC#N)N(C(C)C)C(C)C. The zero-order valence-corrected chi connectivity index (χ0v) is 28.1. The number of imidazole rings is 1. The highest BCUT2D eigenvalue weighted by Gasteiger charge is 2.48. The van der Waals surface area contributed by atoms with E-state index in [2.05, 4.69) is 38.5 Å². The molecule has 1 aliphatic heterocycles. The molecule has 0 spiro atoms. The van der Waals surface area contributed by atoms with Gasteiger partial charge in [0.05, 0.1) is 31.5 Å². The molecule has 2 unspecified atom stereocenters. The van der Waals surface area contributed by atoms with Gasteiger partial charge in [0.15, 0.2) is 29.4 Å². The van der Waals surface area contributed by atoms with Gasteiger partial charge in [0.25, 0.3) is 8.53 Å². The predicted octanol–water partition coefficient (Wildman–Crippen LogP) is 7.10. The van der Waals surface area contributed by atoms with Crippen LogP contribution in [0.15, 0.2) is 61.2 Å². The summed E-state index contributed by atoms with van der Waals surface area (Å²) in [7, 11) is -1.78. The van der Waals surface area contributed by atoms with Gasteiger partial charge >= 0.3 is 6.09 Å². The molecule has 4 aromatic rings. The average Bonchev–Trinajstić information content (AvgIpc) is 3.75. The Morgan fingerprint density at radius 3 is 2.46 bits per heavy atom. The standard InChI is InChI=1S/C34H39FN7O5P/c1-20(2)42(21(3)4)48(45-16-10-15-36)47-30-22(5)46-33(28(30)35)41-19-39-29-31(37-18-38-32(29)41)40-34(43)44-17-27-25-13-8-6-11-23(25)24-12-7-9-14-26(24)27/h6-9,11-14,18-22,27-28,30,33H,10,16-17H2,1-5H3,(H,37,38,40,43)/t22-,28+,30?,33-,48?/m1/s1/i5D. The normalized spacial score (nSPS) is 21.4. The highest BCUT2D eigenvalue weighted by molar-refractivity contribution is 7.44. The van der Waals surface area contributed by atoms with Gasteiger partial charge in [0.2, 0.25) is 0 Å². The molecule has 2 aliphatic rings. The predicted molar refractivity (Wildman–Crippen MR) is 179 cm³/mol. The third-order valence-electron chi connectivity index (χ3n) is 8.34. The Morgan fingerprint density at radius 1 is 1.12 bits per heavy atom. The molecule has 0 saturated carbocycles. The van der Waals surface area contributed by atoms with Crippen LogP contribution in [0, 0.1) is 11.3 Å². The number of halogens is 1. The minimum absolute atomic E-state index is 0.00974. The van der Waals surface area contributed by atoms with E-state index in [4.69, 9.17) is 25.2 Å². The number of nitriles is 1. The molecule has 2 aromatic heterocycles. The number of nitrogens with zero attached hydrogens (tertiary/aromatic N) is 6. The molecular formula is C34H39FN7O5P. The molecule has 2 aromatic carbocycles. The lowest BCUT2D eigenvalue weighted by molar-refractivity contribution is -0.0132. The van der Waals surface area contributed by atoms with Crippen molar-refractivity contribution in [2.24, 2.45) is 0 Å². The lowest BCUT2D eigenvalue weighted by Gasteiger charge is -2.37. The zero-order valence-electron chi connectivity index (χ0n) is 28.2. The van der Waals surface area contributed by atoms with Gasteiger partial charge in [-0.2, -0.15) is 5.26 Å². The number of carbonyl (C=O) groups is 1. The number of nitrogens with one attached hydrogen (secondary N) is 1. The lowest BCUT2D eigenvalue weighted by atomic mass is 9.98. The van der Waals surface area contributed by atoms with E-state index in [1.54, 1.807) is 0 Å². The van der Waals surface area contributed by atoms with E-state index in [1.807, 2.05) is 68.8 Å². The summed E-state index contributed by atoms with van der Waals surface area (Å²) in [6.07, 6.45) is -2.94. The molecule has 1 aliphatic carbocycles. The van der Waals surface area contributed by atoms with E-state index in [1.165, 1.54) is 17.2 Å². The fraction of sp³-hybridized carbons (Fsp3) is 0.441. The Labute approximate surface area is 281 Å². The summed E-state index contributed by atoms with van der Waals surface area (Å²) in [6, 6.07) is 18.2. The van der Waals surface area contributed by atoms with Crippen molar-refractivity contribution < 1.29 is 29.1 Å². The highest BCUT2D eigenvalue weighted by Crippen LogP contribution is 2.51. The van der Waals surface area contributed by atoms with Crippen LogP contribution in [-0.4, -0.2) is 74.0 Å². The van der Waals surface area contributed by atoms with Gasteiger partial charge < -0.3 is 18.5 Å². The lowest BCUT2D eigenvalue weighted by Crippen LogP contribution is -2.37. The van der Waals surface area contributed by atoms with Gasteiger partial charge in [-0.05, 0) is 56.8 Å². The first kappa shape index (κ1) is 32.5. The second-order valence-corrected chi connectivity index (χ2v) is 13.5. The van der Waals surface area contributed by atoms with Gasteiger partial charge in [-0.15, -0.1) is 0 Å². The second kappa shape index (κ2) is 14.6. The summed E-state index contributed by atoms with van der Waals surface area (Å²) in [5, 5.41) is 11.7. The number of ether oxygens (including phenoxy) is 2. The quantitative estimate of drug-likeness (QED) is 0.122. The number of hydrogen-bond acceptors (Lipinski definition) is 10. The largest absolute Gasteiger partial charge is 0.448 e. The van der Waals surface area contributed by atoms with Crippen molar-refractivity contribution in [2.75, 3.05) is 18.5 Å². The Hall–Kier alpha value is -4.05. The summed E-state index contributed by atoms with van der Waals surface area (Å²) >= 11 is 0. The molecule has 1 N–H and O–H groups in total. The Morgan fingerprint density at radius 2 is 1.81 bits per heavy atom. The van der Waals surface area contributed by atoms with E-state index in [0.29, 0.717) is 0 Å². The molecule has 1 amide bonds. The van der Waals surface area contributed by atoms with Crippen LogP contribution in [0.3, 0.4) is 0 Å². The fourth-order valence-electron chi connectivity index (χ4n) is 6.30. The van der Waals surface area contributed by atoms with Crippen molar-refractivity contribution in [2.45, 2.75) is 83.6 Å². The number of anilines is 1. The molecule has 1 saturated heterocycles. The van der Waals surface area contributed by atoms with E-state index in [-0.39, 0.29) is 61.5 Å². The van der Waals surface area contributed by atoms with Gasteiger partial charge in [0, 0.05) is 19.4 Å². The number of carbonyl (C=O) groups excluding carboxylic acids is 1. The van der Waals surface area contributed by atoms with Crippen molar-refractivity contribution in [3.8, 4) is 17.2 Å². The van der Waals surface area contributed by atoms with Gasteiger partial charge in [-0.1, -0.05) is 48.5 Å². The minimum Gasteiger partial charge on any atom is -0.448 e. The third-order valence-corrected chi connectivity index (χ3v) is 10.5. The maximum Gasteiger partial charge on any atom is 0.412 e. The van der Waals surface area contributed by atoms with E-state index in [0.717, 1.165) is 22.3 Å². The van der Waals surface area contributed by atoms with Crippen LogP contribution in [0.4, 0.5) is 15.0 Å². The van der Waals surface area contributed by atoms with Crippen molar-refractivity contribution in [1.82, 2.24) is 24.2 Å². The molecule has 0 radical (unpaired) electrons. The van der Waals surface area contributed by atoms with E-state index < -0.39 is 39.2 Å². The molecule has 5 atom stereocenters.